The molecule has 4 heteroatoms. The molecular formula is C23H18N2O2. The fourth-order valence-corrected chi connectivity index (χ4v) is 2.95. The second-order valence-corrected chi connectivity index (χ2v) is 6.29. The maximum atomic E-state index is 12.0. The number of carbonyl (C=O) groups excluding carboxylic acids is 1. The zero-order valence-electron chi connectivity index (χ0n) is 14.5. The molecular weight excluding hydrogens is 336 g/mol. The number of carbonyl (C=O) groups is 1. The molecule has 0 saturated heterocycles. The molecule has 0 aliphatic rings. The standard InChI is InChI=1S/C23H18N2O2/c26-20(5-1-16-3-7-22-18(13-16)9-11-24-22)15-21(27)6-2-17-4-8-23-19(14-17)10-12-25-23/h1-15,24-26H/b5-1+,6-2+,20-15-. The average molecular weight is 354 g/mol. The second kappa shape index (κ2) is 7.22. The van der Waals surface area contributed by atoms with Gasteiger partial charge in [0, 0.05) is 29.5 Å². The lowest BCUT2D eigenvalue weighted by atomic mass is 10.1. The monoisotopic (exact) mass is 354 g/mol. The van der Waals surface area contributed by atoms with Gasteiger partial charge < -0.3 is 15.1 Å². The summed E-state index contributed by atoms with van der Waals surface area (Å²) in [6.45, 7) is 0. The van der Waals surface area contributed by atoms with Crippen LogP contribution < -0.4 is 0 Å². The van der Waals surface area contributed by atoms with Gasteiger partial charge in [0.25, 0.3) is 0 Å². The van der Waals surface area contributed by atoms with Gasteiger partial charge in [0.15, 0.2) is 5.78 Å². The summed E-state index contributed by atoms with van der Waals surface area (Å²) in [5, 5.41) is 12.2. The Morgan fingerprint density at radius 3 is 1.93 bits per heavy atom. The van der Waals surface area contributed by atoms with Crippen molar-refractivity contribution in [3.8, 4) is 0 Å². The molecule has 2 heterocycles. The Balaban J connectivity index is 1.43. The van der Waals surface area contributed by atoms with E-state index in [1.54, 1.807) is 12.2 Å². The van der Waals surface area contributed by atoms with Gasteiger partial charge in [-0.25, -0.2) is 0 Å². The van der Waals surface area contributed by atoms with E-state index >= 15 is 0 Å². The molecule has 4 nitrogen and oxygen atoms in total. The molecule has 2 aromatic carbocycles. The fraction of sp³-hybridized carbons (Fsp3) is 0. The summed E-state index contributed by atoms with van der Waals surface area (Å²) >= 11 is 0. The summed E-state index contributed by atoms with van der Waals surface area (Å²) in [4.78, 5) is 18.3. The maximum Gasteiger partial charge on any atom is 0.182 e. The van der Waals surface area contributed by atoms with E-state index in [2.05, 4.69) is 9.97 Å². The van der Waals surface area contributed by atoms with Crippen LogP contribution >= 0.6 is 0 Å². The maximum absolute atomic E-state index is 12.0. The Kier molecular flexibility index (Phi) is 4.45. The first-order valence-electron chi connectivity index (χ1n) is 8.62. The van der Waals surface area contributed by atoms with Crippen LogP contribution in [0.4, 0.5) is 0 Å². The minimum Gasteiger partial charge on any atom is -0.508 e. The number of aliphatic hydroxyl groups is 1. The third kappa shape index (κ3) is 3.90. The minimum absolute atomic E-state index is 0.0834. The van der Waals surface area contributed by atoms with Crippen LogP contribution in [-0.2, 0) is 4.79 Å². The number of nitrogens with one attached hydrogen (secondary N) is 2. The van der Waals surface area contributed by atoms with E-state index in [0.717, 1.165) is 32.9 Å². The molecule has 132 valence electrons. The summed E-state index contributed by atoms with van der Waals surface area (Å²) in [6, 6.07) is 15.8. The van der Waals surface area contributed by atoms with Gasteiger partial charge in [-0.2, -0.15) is 0 Å². The highest BCUT2D eigenvalue weighted by Crippen LogP contribution is 2.16. The molecule has 4 rings (SSSR count). The highest BCUT2D eigenvalue weighted by molar-refractivity contribution is 6.02. The number of benzene rings is 2. The molecule has 27 heavy (non-hydrogen) atoms. The zero-order valence-corrected chi connectivity index (χ0v) is 14.5. The molecule has 0 amide bonds. The lowest BCUT2D eigenvalue weighted by Gasteiger charge is -1.95. The number of allylic oxidation sites excluding steroid dienone is 3. The van der Waals surface area contributed by atoms with Gasteiger partial charge in [-0.3, -0.25) is 4.79 Å². The van der Waals surface area contributed by atoms with Crippen LogP contribution in [0.25, 0.3) is 34.0 Å². The molecule has 3 N–H and O–H groups in total. The summed E-state index contributed by atoms with van der Waals surface area (Å²) in [6.07, 6.45) is 11.4. The van der Waals surface area contributed by atoms with E-state index < -0.39 is 0 Å². The molecule has 4 aromatic rings. The lowest BCUT2D eigenvalue weighted by Crippen LogP contribution is -1.88. The summed E-state index contributed by atoms with van der Waals surface area (Å²) < 4.78 is 0. The summed E-state index contributed by atoms with van der Waals surface area (Å²) in [5.41, 5.74) is 3.99. The van der Waals surface area contributed by atoms with Crippen molar-refractivity contribution in [3.63, 3.8) is 0 Å². The number of hydrogen-bond acceptors (Lipinski definition) is 2. The predicted molar refractivity (Wildman–Crippen MR) is 110 cm³/mol. The number of aliphatic hydroxyl groups excluding tert-OH is 1. The second-order valence-electron chi connectivity index (χ2n) is 6.29. The van der Waals surface area contributed by atoms with Crippen LogP contribution in [0, 0.1) is 0 Å². The van der Waals surface area contributed by atoms with E-state index in [1.165, 1.54) is 18.2 Å². The van der Waals surface area contributed by atoms with Crippen molar-refractivity contribution in [2.45, 2.75) is 0 Å². The van der Waals surface area contributed by atoms with Crippen molar-refractivity contribution in [2.24, 2.45) is 0 Å². The number of aromatic amines is 2. The molecule has 0 unspecified atom stereocenters. The lowest BCUT2D eigenvalue weighted by molar-refractivity contribution is -0.110. The van der Waals surface area contributed by atoms with Gasteiger partial charge in [-0.1, -0.05) is 24.3 Å². The number of aromatic nitrogens is 2. The Bertz CT molecular complexity index is 1210. The van der Waals surface area contributed by atoms with Crippen molar-refractivity contribution in [1.82, 2.24) is 9.97 Å². The van der Waals surface area contributed by atoms with Gasteiger partial charge in [0.05, 0.1) is 0 Å². The molecule has 0 aliphatic heterocycles. The van der Waals surface area contributed by atoms with Crippen LogP contribution in [0.2, 0.25) is 0 Å². The fourth-order valence-electron chi connectivity index (χ4n) is 2.95. The van der Waals surface area contributed by atoms with Crippen molar-refractivity contribution in [2.75, 3.05) is 0 Å². The van der Waals surface area contributed by atoms with Gasteiger partial charge in [0.2, 0.25) is 0 Å². The molecule has 0 spiro atoms. The molecule has 2 aromatic heterocycles. The molecule has 0 bridgehead atoms. The predicted octanol–water partition coefficient (Wildman–Crippen LogP) is 5.39. The number of H-pyrrole nitrogens is 2. The van der Waals surface area contributed by atoms with Gasteiger partial charge in [-0.05, 0) is 70.4 Å². The Hall–Kier alpha value is -3.79. The van der Waals surface area contributed by atoms with Crippen molar-refractivity contribution in [3.05, 3.63) is 96.0 Å². The van der Waals surface area contributed by atoms with Crippen LogP contribution in [0.3, 0.4) is 0 Å². The summed E-state index contributed by atoms with van der Waals surface area (Å²) in [7, 11) is 0. The van der Waals surface area contributed by atoms with Crippen LogP contribution in [-0.4, -0.2) is 20.9 Å². The largest absolute Gasteiger partial charge is 0.508 e. The van der Waals surface area contributed by atoms with Crippen molar-refractivity contribution >= 4 is 39.7 Å². The SMILES string of the molecule is O=C(/C=C(O)/C=C/c1ccc2[nH]ccc2c1)/C=C/c1ccc2[nH]ccc2c1. The molecule has 0 atom stereocenters. The third-order valence-corrected chi connectivity index (χ3v) is 4.33. The van der Waals surface area contributed by atoms with E-state index in [9.17, 15) is 9.90 Å². The molecule has 0 saturated carbocycles. The van der Waals surface area contributed by atoms with Crippen LogP contribution in [0.15, 0.2) is 84.9 Å². The molecule has 0 fully saturated rings. The summed E-state index contributed by atoms with van der Waals surface area (Å²) in [5.74, 6) is -0.354. The Labute approximate surface area is 156 Å². The number of hydrogen-bond donors (Lipinski definition) is 3. The minimum atomic E-state index is -0.271. The highest BCUT2D eigenvalue weighted by Gasteiger charge is 1.98. The number of ketones is 1. The third-order valence-electron chi connectivity index (χ3n) is 4.33. The number of rotatable bonds is 5. The van der Waals surface area contributed by atoms with E-state index in [-0.39, 0.29) is 11.5 Å². The topological polar surface area (TPSA) is 68.9 Å². The average Bonchev–Trinajstić information content (AvgIpc) is 3.32. The van der Waals surface area contributed by atoms with Crippen LogP contribution in [0.1, 0.15) is 11.1 Å². The van der Waals surface area contributed by atoms with Gasteiger partial charge in [-0.15, -0.1) is 0 Å². The highest BCUT2D eigenvalue weighted by atomic mass is 16.3. The Morgan fingerprint density at radius 1 is 0.778 bits per heavy atom. The quantitative estimate of drug-likeness (QED) is 0.256. The first-order valence-corrected chi connectivity index (χ1v) is 8.62. The normalized spacial score (nSPS) is 12.7. The first-order chi connectivity index (χ1) is 13.2. The van der Waals surface area contributed by atoms with E-state index in [1.807, 2.05) is 60.9 Å². The van der Waals surface area contributed by atoms with Gasteiger partial charge >= 0.3 is 0 Å². The van der Waals surface area contributed by atoms with Crippen molar-refractivity contribution < 1.29 is 9.90 Å². The van der Waals surface area contributed by atoms with Crippen molar-refractivity contribution in [1.29, 1.82) is 0 Å². The smallest absolute Gasteiger partial charge is 0.182 e. The van der Waals surface area contributed by atoms with E-state index in [4.69, 9.17) is 0 Å². The molecule has 0 radical (unpaired) electrons. The first kappa shape index (κ1) is 16.7. The van der Waals surface area contributed by atoms with Crippen LogP contribution in [0.5, 0.6) is 0 Å². The van der Waals surface area contributed by atoms with Gasteiger partial charge in [0.1, 0.15) is 5.76 Å². The molecule has 0 aliphatic carbocycles. The van der Waals surface area contributed by atoms with E-state index in [0.29, 0.717) is 0 Å². The zero-order chi connectivity index (χ0) is 18.6. The number of fused-ring (bicyclic) bond motifs is 2. The Morgan fingerprint density at radius 2 is 1.33 bits per heavy atom.